The van der Waals surface area contributed by atoms with Crippen LogP contribution < -0.4 is 5.32 Å². The molecule has 1 fully saturated rings. The minimum atomic E-state index is -0.391. The van der Waals surface area contributed by atoms with Crippen molar-refractivity contribution in [1.29, 1.82) is 0 Å². The van der Waals surface area contributed by atoms with E-state index in [1.165, 1.54) is 32.1 Å². The van der Waals surface area contributed by atoms with Crippen molar-refractivity contribution < 1.29 is 14.6 Å². The fourth-order valence-electron chi connectivity index (χ4n) is 2.46. The van der Waals surface area contributed by atoms with Crippen molar-refractivity contribution in [1.82, 2.24) is 5.32 Å². The van der Waals surface area contributed by atoms with Gasteiger partial charge in [-0.15, -0.1) is 0 Å². The second-order valence-corrected chi connectivity index (χ2v) is 5.88. The van der Waals surface area contributed by atoms with Gasteiger partial charge in [-0.2, -0.15) is 0 Å². The van der Waals surface area contributed by atoms with Crippen LogP contribution in [-0.4, -0.2) is 50.7 Å². The number of aliphatic hydroxyl groups excluding tert-OH is 1. The topological polar surface area (TPSA) is 50.7 Å². The average molecular weight is 287 g/mol. The van der Waals surface area contributed by atoms with Crippen LogP contribution in [-0.2, 0) is 9.47 Å². The largest absolute Gasteiger partial charge is 0.389 e. The molecule has 1 rings (SSSR count). The molecule has 2 N–H and O–H groups in total. The molecule has 0 aromatic carbocycles. The maximum absolute atomic E-state index is 9.78. The summed E-state index contributed by atoms with van der Waals surface area (Å²) in [5.74, 6) is 0.617. The fraction of sp³-hybridized carbons (Fsp3) is 1.00. The highest BCUT2D eigenvalue weighted by atomic mass is 16.5. The fourth-order valence-corrected chi connectivity index (χ4v) is 2.46. The molecule has 0 bridgehead atoms. The molecule has 0 spiro atoms. The predicted octanol–water partition coefficient (Wildman–Crippen LogP) is 2.35. The second-order valence-electron chi connectivity index (χ2n) is 5.88. The Kier molecular flexibility index (Phi) is 11.2. The van der Waals surface area contributed by atoms with Crippen LogP contribution in [0.2, 0.25) is 0 Å². The molecule has 4 heteroatoms. The highest BCUT2D eigenvalue weighted by Crippen LogP contribution is 2.10. The maximum Gasteiger partial charge on any atom is 0.0897 e. The number of nitrogens with one attached hydrogen (secondary N) is 1. The predicted molar refractivity (Wildman–Crippen MR) is 82.0 cm³/mol. The van der Waals surface area contributed by atoms with Gasteiger partial charge in [0.05, 0.1) is 19.3 Å². The standard InChI is InChI=1S/C16H33NO3/c1-2-3-4-5-6-7-9-19-14-16(18)12-17-11-15-8-10-20-13-15/h15-18H,2-14H2,1H3. The van der Waals surface area contributed by atoms with E-state index in [0.717, 1.165) is 39.2 Å². The van der Waals surface area contributed by atoms with Crippen LogP contribution in [0.3, 0.4) is 0 Å². The van der Waals surface area contributed by atoms with E-state index in [1.807, 2.05) is 0 Å². The molecule has 2 unspecified atom stereocenters. The molecule has 1 aliphatic rings. The number of hydrogen-bond acceptors (Lipinski definition) is 4. The number of unbranched alkanes of at least 4 members (excludes halogenated alkanes) is 5. The molecule has 2 atom stereocenters. The SMILES string of the molecule is CCCCCCCCOCC(O)CNCC1CCOC1. The molecule has 0 saturated carbocycles. The van der Waals surface area contributed by atoms with E-state index in [0.29, 0.717) is 19.1 Å². The number of ether oxygens (including phenoxy) is 2. The summed E-state index contributed by atoms with van der Waals surface area (Å²) in [5.41, 5.74) is 0. The molecule has 1 heterocycles. The first-order valence-electron chi connectivity index (χ1n) is 8.37. The van der Waals surface area contributed by atoms with E-state index in [2.05, 4.69) is 12.2 Å². The van der Waals surface area contributed by atoms with Gasteiger partial charge < -0.3 is 19.9 Å². The number of hydrogen-bond donors (Lipinski definition) is 2. The van der Waals surface area contributed by atoms with E-state index in [1.54, 1.807) is 0 Å². The zero-order valence-electron chi connectivity index (χ0n) is 13.1. The lowest BCUT2D eigenvalue weighted by Gasteiger charge is -2.14. The third-order valence-electron chi connectivity index (χ3n) is 3.79. The lowest BCUT2D eigenvalue weighted by Crippen LogP contribution is -2.33. The van der Waals surface area contributed by atoms with E-state index < -0.39 is 6.10 Å². The lowest BCUT2D eigenvalue weighted by molar-refractivity contribution is 0.0350. The zero-order valence-corrected chi connectivity index (χ0v) is 13.1. The molecule has 0 aromatic heterocycles. The molecular weight excluding hydrogens is 254 g/mol. The molecule has 0 aliphatic carbocycles. The van der Waals surface area contributed by atoms with Gasteiger partial charge in [-0.1, -0.05) is 39.0 Å². The van der Waals surface area contributed by atoms with Gasteiger partial charge in [-0.25, -0.2) is 0 Å². The Hall–Kier alpha value is -0.160. The Balaban J connectivity index is 1.79. The first-order valence-corrected chi connectivity index (χ1v) is 8.37. The minimum absolute atomic E-state index is 0.391. The van der Waals surface area contributed by atoms with Crippen molar-refractivity contribution in [2.45, 2.75) is 58.0 Å². The van der Waals surface area contributed by atoms with Crippen LogP contribution in [0, 0.1) is 5.92 Å². The Morgan fingerprint density at radius 2 is 2.05 bits per heavy atom. The molecule has 1 aliphatic heterocycles. The van der Waals surface area contributed by atoms with E-state index in [4.69, 9.17) is 9.47 Å². The first kappa shape index (κ1) is 17.9. The third-order valence-corrected chi connectivity index (χ3v) is 3.79. The highest BCUT2D eigenvalue weighted by Gasteiger charge is 2.15. The Bertz CT molecular complexity index is 208. The quantitative estimate of drug-likeness (QED) is 0.511. The maximum atomic E-state index is 9.78. The summed E-state index contributed by atoms with van der Waals surface area (Å²) in [5, 5.41) is 13.1. The summed E-state index contributed by atoms with van der Waals surface area (Å²) in [6.45, 7) is 6.76. The van der Waals surface area contributed by atoms with Gasteiger partial charge in [0.1, 0.15) is 0 Å². The van der Waals surface area contributed by atoms with E-state index in [-0.39, 0.29) is 0 Å². The zero-order chi connectivity index (χ0) is 14.5. The van der Waals surface area contributed by atoms with Crippen molar-refractivity contribution in [3.05, 3.63) is 0 Å². The summed E-state index contributed by atoms with van der Waals surface area (Å²) < 4.78 is 10.8. The Morgan fingerprint density at radius 3 is 2.80 bits per heavy atom. The number of aliphatic hydroxyl groups is 1. The van der Waals surface area contributed by atoms with Crippen LogP contribution >= 0.6 is 0 Å². The van der Waals surface area contributed by atoms with E-state index >= 15 is 0 Å². The van der Waals surface area contributed by atoms with Gasteiger partial charge >= 0.3 is 0 Å². The van der Waals surface area contributed by atoms with Crippen molar-refractivity contribution >= 4 is 0 Å². The Labute approximate surface area is 124 Å². The van der Waals surface area contributed by atoms with Gasteiger partial charge in [0.2, 0.25) is 0 Å². The van der Waals surface area contributed by atoms with E-state index in [9.17, 15) is 5.11 Å². The van der Waals surface area contributed by atoms with Crippen molar-refractivity contribution in [3.63, 3.8) is 0 Å². The van der Waals surface area contributed by atoms with Crippen molar-refractivity contribution in [2.24, 2.45) is 5.92 Å². The molecular formula is C16H33NO3. The molecule has 1 saturated heterocycles. The minimum Gasteiger partial charge on any atom is -0.389 e. The van der Waals surface area contributed by atoms with Crippen LogP contribution in [0.5, 0.6) is 0 Å². The van der Waals surface area contributed by atoms with Crippen LogP contribution in [0.4, 0.5) is 0 Å². The molecule has 4 nitrogen and oxygen atoms in total. The monoisotopic (exact) mass is 287 g/mol. The molecule has 120 valence electrons. The Morgan fingerprint density at radius 1 is 1.25 bits per heavy atom. The summed E-state index contributed by atoms with van der Waals surface area (Å²) in [7, 11) is 0. The van der Waals surface area contributed by atoms with Gasteiger partial charge in [-0.05, 0) is 18.8 Å². The average Bonchev–Trinajstić information content (AvgIpc) is 2.95. The highest BCUT2D eigenvalue weighted by molar-refractivity contribution is 4.68. The van der Waals surface area contributed by atoms with Crippen LogP contribution in [0.15, 0.2) is 0 Å². The van der Waals surface area contributed by atoms with Gasteiger partial charge in [0, 0.05) is 26.3 Å². The van der Waals surface area contributed by atoms with Gasteiger partial charge in [0.15, 0.2) is 0 Å². The van der Waals surface area contributed by atoms with Crippen molar-refractivity contribution in [3.8, 4) is 0 Å². The van der Waals surface area contributed by atoms with Crippen LogP contribution in [0.1, 0.15) is 51.9 Å². The van der Waals surface area contributed by atoms with Gasteiger partial charge in [0.25, 0.3) is 0 Å². The lowest BCUT2D eigenvalue weighted by atomic mass is 10.1. The summed E-state index contributed by atoms with van der Waals surface area (Å²) in [4.78, 5) is 0. The summed E-state index contributed by atoms with van der Waals surface area (Å²) in [6, 6.07) is 0. The number of rotatable bonds is 13. The summed E-state index contributed by atoms with van der Waals surface area (Å²) in [6.07, 6.45) is 8.40. The third kappa shape index (κ3) is 9.70. The van der Waals surface area contributed by atoms with Gasteiger partial charge in [-0.3, -0.25) is 0 Å². The normalized spacial score (nSPS) is 20.4. The molecule has 20 heavy (non-hydrogen) atoms. The van der Waals surface area contributed by atoms with Crippen molar-refractivity contribution in [2.75, 3.05) is 39.5 Å². The smallest absolute Gasteiger partial charge is 0.0897 e. The van der Waals surface area contributed by atoms with Crippen LogP contribution in [0.25, 0.3) is 0 Å². The molecule has 0 radical (unpaired) electrons. The summed E-state index contributed by atoms with van der Waals surface area (Å²) >= 11 is 0. The molecule has 0 amide bonds. The first-order chi connectivity index (χ1) is 9.83. The molecule has 0 aromatic rings. The second kappa shape index (κ2) is 12.6.